The van der Waals surface area contributed by atoms with Crippen molar-refractivity contribution in [3.63, 3.8) is 0 Å². The fraction of sp³-hybridized carbons (Fsp3) is 0.750. The molecule has 0 bridgehead atoms. The van der Waals surface area contributed by atoms with Crippen molar-refractivity contribution >= 4 is 11.9 Å². The van der Waals surface area contributed by atoms with Crippen LogP contribution >= 0.6 is 0 Å². The zero-order valence-electron chi connectivity index (χ0n) is 14.3. The maximum atomic E-state index is 12.5. The lowest BCUT2D eigenvalue weighted by Crippen LogP contribution is -2.42. The van der Waals surface area contributed by atoms with E-state index >= 15 is 0 Å². The van der Waals surface area contributed by atoms with Gasteiger partial charge in [0, 0.05) is 39.1 Å². The summed E-state index contributed by atoms with van der Waals surface area (Å²) in [6.45, 7) is 4.34. The summed E-state index contributed by atoms with van der Waals surface area (Å²) in [7, 11) is 0. The zero-order chi connectivity index (χ0) is 17.6. The van der Waals surface area contributed by atoms with Crippen molar-refractivity contribution in [1.82, 2.24) is 25.0 Å². The lowest BCUT2D eigenvalue weighted by molar-refractivity contribution is -0.182. The SMILES string of the molecule is O=C(O)c1cn(CC2CCCN(C(=O)CCN3CCCCO3)C2)nn1. The molecule has 9 nitrogen and oxygen atoms in total. The van der Waals surface area contributed by atoms with Crippen molar-refractivity contribution < 1.29 is 19.5 Å². The second kappa shape index (κ2) is 8.39. The number of carboxylic acids is 1. The molecule has 138 valence electrons. The Kier molecular flexibility index (Phi) is 5.98. The van der Waals surface area contributed by atoms with Gasteiger partial charge in [0.2, 0.25) is 5.91 Å². The Labute approximate surface area is 146 Å². The van der Waals surface area contributed by atoms with Gasteiger partial charge in [-0.25, -0.2) is 4.79 Å². The van der Waals surface area contributed by atoms with E-state index in [2.05, 4.69) is 10.3 Å². The average Bonchev–Trinajstić information content (AvgIpc) is 3.09. The first kappa shape index (κ1) is 17.8. The molecule has 0 saturated carbocycles. The highest BCUT2D eigenvalue weighted by Gasteiger charge is 2.25. The first-order valence-electron chi connectivity index (χ1n) is 8.91. The van der Waals surface area contributed by atoms with Crippen LogP contribution in [0.4, 0.5) is 0 Å². The molecule has 0 radical (unpaired) electrons. The Bertz CT molecular complexity index is 599. The van der Waals surface area contributed by atoms with Gasteiger partial charge in [-0.3, -0.25) is 14.3 Å². The van der Waals surface area contributed by atoms with Crippen LogP contribution in [-0.2, 0) is 16.2 Å². The van der Waals surface area contributed by atoms with Crippen LogP contribution in [-0.4, -0.2) is 74.7 Å². The predicted molar refractivity (Wildman–Crippen MR) is 87.7 cm³/mol. The Hall–Kier alpha value is -2.00. The molecule has 0 aromatic carbocycles. The molecule has 2 aliphatic rings. The van der Waals surface area contributed by atoms with Gasteiger partial charge in [0.15, 0.2) is 5.69 Å². The first-order chi connectivity index (χ1) is 12.1. The molecule has 3 rings (SSSR count). The molecule has 2 aliphatic heterocycles. The van der Waals surface area contributed by atoms with Gasteiger partial charge in [-0.2, -0.15) is 5.06 Å². The summed E-state index contributed by atoms with van der Waals surface area (Å²) in [5.74, 6) is -0.650. The monoisotopic (exact) mass is 351 g/mol. The maximum absolute atomic E-state index is 12.5. The summed E-state index contributed by atoms with van der Waals surface area (Å²) < 4.78 is 1.56. The number of carbonyl (C=O) groups is 2. The molecule has 1 aromatic rings. The summed E-state index contributed by atoms with van der Waals surface area (Å²) in [6, 6.07) is 0. The molecule has 1 amide bonds. The van der Waals surface area contributed by atoms with Crippen molar-refractivity contribution in [2.45, 2.75) is 38.6 Å². The summed E-state index contributed by atoms with van der Waals surface area (Å²) >= 11 is 0. The number of hydroxylamine groups is 2. The molecule has 1 unspecified atom stereocenters. The third-order valence-electron chi connectivity index (χ3n) is 4.73. The highest BCUT2D eigenvalue weighted by Crippen LogP contribution is 2.19. The summed E-state index contributed by atoms with van der Waals surface area (Å²) in [5.41, 5.74) is -0.0507. The molecule has 2 saturated heterocycles. The van der Waals surface area contributed by atoms with E-state index in [1.165, 1.54) is 6.20 Å². The van der Waals surface area contributed by atoms with E-state index in [4.69, 9.17) is 9.94 Å². The maximum Gasteiger partial charge on any atom is 0.358 e. The molecule has 3 heterocycles. The largest absolute Gasteiger partial charge is 0.476 e. The summed E-state index contributed by atoms with van der Waals surface area (Å²) in [5, 5.41) is 18.3. The van der Waals surface area contributed by atoms with Gasteiger partial charge in [-0.1, -0.05) is 5.21 Å². The minimum absolute atomic E-state index is 0.0507. The normalized spacial score (nSPS) is 22.1. The van der Waals surface area contributed by atoms with Gasteiger partial charge in [0.05, 0.1) is 12.8 Å². The van der Waals surface area contributed by atoms with Gasteiger partial charge < -0.3 is 10.0 Å². The highest BCUT2D eigenvalue weighted by atomic mass is 16.7. The van der Waals surface area contributed by atoms with E-state index in [1.807, 2.05) is 9.96 Å². The Morgan fingerprint density at radius 2 is 2.16 bits per heavy atom. The lowest BCUT2D eigenvalue weighted by atomic mass is 9.98. The first-order valence-corrected chi connectivity index (χ1v) is 8.91. The van der Waals surface area contributed by atoms with Gasteiger partial charge in [-0.15, -0.1) is 5.10 Å². The number of rotatable bonds is 6. The summed E-state index contributed by atoms with van der Waals surface area (Å²) in [6.07, 6.45) is 6.08. The van der Waals surface area contributed by atoms with Crippen LogP contribution in [0.5, 0.6) is 0 Å². The van der Waals surface area contributed by atoms with E-state index in [0.717, 1.165) is 45.4 Å². The molecular formula is C16H25N5O4. The van der Waals surface area contributed by atoms with Gasteiger partial charge >= 0.3 is 5.97 Å². The molecule has 25 heavy (non-hydrogen) atoms. The van der Waals surface area contributed by atoms with Crippen LogP contribution in [0.3, 0.4) is 0 Å². The number of aromatic carboxylic acids is 1. The molecule has 0 aliphatic carbocycles. The second-order valence-electron chi connectivity index (χ2n) is 6.70. The zero-order valence-corrected chi connectivity index (χ0v) is 14.3. The van der Waals surface area contributed by atoms with Crippen molar-refractivity contribution in [2.24, 2.45) is 5.92 Å². The van der Waals surface area contributed by atoms with Crippen molar-refractivity contribution in [3.8, 4) is 0 Å². The van der Waals surface area contributed by atoms with Gasteiger partial charge in [0.1, 0.15) is 0 Å². The van der Waals surface area contributed by atoms with Crippen molar-refractivity contribution in [3.05, 3.63) is 11.9 Å². The molecule has 2 fully saturated rings. The number of hydrogen-bond donors (Lipinski definition) is 1. The quantitative estimate of drug-likeness (QED) is 0.802. The van der Waals surface area contributed by atoms with Gasteiger partial charge in [0.25, 0.3) is 0 Å². The van der Waals surface area contributed by atoms with Crippen LogP contribution in [0, 0.1) is 5.92 Å². The van der Waals surface area contributed by atoms with Crippen molar-refractivity contribution in [1.29, 1.82) is 0 Å². The Morgan fingerprint density at radius 3 is 2.88 bits per heavy atom. The number of carboxylic acid groups (broad SMARTS) is 1. The third kappa shape index (κ3) is 4.99. The summed E-state index contributed by atoms with van der Waals surface area (Å²) in [4.78, 5) is 30.8. The molecule has 1 atom stereocenters. The van der Waals surface area contributed by atoms with E-state index in [1.54, 1.807) is 4.68 Å². The fourth-order valence-electron chi connectivity index (χ4n) is 3.39. The highest BCUT2D eigenvalue weighted by molar-refractivity contribution is 5.84. The Morgan fingerprint density at radius 1 is 1.28 bits per heavy atom. The van der Waals surface area contributed by atoms with Gasteiger partial charge in [-0.05, 0) is 31.6 Å². The minimum atomic E-state index is -1.08. The molecular weight excluding hydrogens is 326 g/mol. The molecule has 0 spiro atoms. The third-order valence-corrected chi connectivity index (χ3v) is 4.73. The predicted octanol–water partition coefficient (Wildman–Crippen LogP) is 0.632. The number of nitrogens with zero attached hydrogens (tertiary/aromatic N) is 5. The lowest BCUT2D eigenvalue weighted by Gasteiger charge is -2.33. The smallest absolute Gasteiger partial charge is 0.358 e. The van der Waals surface area contributed by atoms with E-state index in [-0.39, 0.29) is 17.5 Å². The number of aromatic nitrogens is 3. The van der Waals surface area contributed by atoms with E-state index in [0.29, 0.717) is 26.1 Å². The average molecular weight is 351 g/mol. The molecule has 1 aromatic heterocycles. The number of carbonyl (C=O) groups excluding carboxylic acids is 1. The number of hydrogen-bond acceptors (Lipinski definition) is 6. The van der Waals surface area contributed by atoms with E-state index < -0.39 is 5.97 Å². The second-order valence-corrected chi connectivity index (χ2v) is 6.70. The van der Waals surface area contributed by atoms with E-state index in [9.17, 15) is 9.59 Å². The fourth-order valence-corrected chi connectivity index (χ4v) is 3.39. The van der Waals surface area contributed by atoms with Crippen LogP contribution in [0.15, 0.2) is 6.20 Å². The number of amides is 1. The van der Waals surface area contributed by atoms with Crippen LogP contribution in [0.1, 0.15) is 42.6 Å². The topological polar surface area (TPSA) is 101 Å². The number of likely N-dealkylation sites (tertiary alicyclic amines) is 1. The van der Waals surface area contributed by atoms with Crippen LogP contribution in [0.25, 0.3) is 0 Å². The van der Waals surface area contributed by atoms with Crippen LogP contribution in [0.2, 0.25) is 0 Å². The van der Waals surface area contributed by atoms with Crippen LogP contribution < -0.4 is 0 Å². The number of piperidine rings is 1. The Balaban J connectivity index is 1.46. The molecule has 9 heteroatoms. The van der Waals surface area contributed by atoms with Crippen molar-refractivity contribution in [2.75, 3.05) is 32.8 Å². The molecule has 1 N–H and O–H groups in total. The minimum Gasteiger partial charge on any atom is -0.476 e. The standard InChI is InChI=1S/C16H25N5O4/c22-15(5-8-21-7-1-2-9-25-21)19-6-3-4-13(10-19)11-20-12-14(16(23)24)17-18-20/h12-13H,1-11H2,(H,23,24).